The van der Waals surface area contributed by atoms with E-state index in [9.17, 15) is 0 Å². The zero-order valence-electron chi connectivity index (χ0n) is 31.3. The minimum atomic E-state index is 1.17. The summed E-state index contributed by atoms with van der Waals surface area (Å²) < 4.78 is 2.37. The molecule has 0 spiro atoms. The van der Waals surface area contributed by atoms with Crippen molar-refractivity contribution in [2.75, 3.05) is 0 Å². The average Bonchev–Trinajstić information content (AvgIpc) is 3.62. The third-order valence-electron chi connectivity index (χ3n) is 11.6. The number of aromatic nitrogens is 1. The summed E-state index contributed by atoms with van der Waals surface area (Å²) in [7, 11) is 0. The van der Waals surface area contributed by atoms with E-state index in [4.69, 9.17) is 0 Å². The lowest BCUT2D eigenvalue weighted by Gasteiger charge is -2.18. The van der Waals surface area contributed by atoms with Gasteiger partial charge in [0.1, 0.15) is 0 Å². The van der Waals surface area contributed by atoms with Crippen LogP contribution in [-0.4, -0.2) is 4.57 Å². The molecule has 0 fully saturated rings. The van der Waals surface area contributed by atoms with E-state index in [1.807, 2.05) is 0 Å². The number of hydrogen-bond donors (Lipinski definition) is 0. The summed E-state index contributed by atoms with van der Waals surface area (Å²) in [6.45, 7) is 0. The predicted octanol–water partition coefficient (Wildman–Crippen LogP) is 15.4. The highest BCUT2D eigenvalue weighted by Crippen LogP contribution is 2.44. The second-order valence-electron chi connectivity index (χ2n) is 14.9. The van der Waals surface area contributed by atoms with Crippen LogP contribution in [0.1, 0.15) is 0 Å². The van der Waals surface area contributed by atoms with Crippen molar-refractivity contribution >= 4 is 43.4 Å². The van der Waals surface area contributed by atoms with Crippen LogP contribution >= 0.6 is 0 Å². The van der Waals surface area contributed by atoms with E-state index >= 15 is 0 Å². The number of para-hydroxylation sites is 2. The molecular formula is C56H37N. The summed E-state index contributed by atoms with van der Waals surface area (Å²) in [5.74, 6) is 0. The van der Waals surface area contributed by atoms with Crippen molar-refractivity contribution in [3.8, 4) is 61.3 Å². The first kappa shape index (κ1) is 32.9. The molecule has 0 saturated heterocycles. The lowest BCUT2D eigenvalue weighted by molar-refractivity contribution is 1.18. The quantitative estimate of drug-likeness (QED) is 0.151. The van der Waals surface area contributed by atoms with Gasteiger partial charge in [-0.25, -0.2) is 0 Å². The Morgan fingerprint density at radius 1 is 0.211 bits per heavy atom. The summed E-state index contributed by atoms with van der Waals surface area (Å²) in [6.07, 6.45) is 0. The number of benzene rings is 10. The number of fused-ring (bicyclic) bond motifs is 5. The van der Waals surface area contributed by atoms with Crippen LogP contribution in [0.5, 0.6) is 0 Å². The van der Waals surface area contributed by atoms with Gasteiger partial charge in [-0.3, -0.25) is 0 Å². The molecule has 57 heavy (non-hydrogen) atoms. The third kappa shape index (κ3) is 5.63. The molecule has 0 unspecified atom stereocenters. The van der Waals surface area contributed by atoms with Gasteiger partial charge in [-0.2, -0.15) is 0 Å². The van der Waals surface area contributed by atoms with E-state index in [1.165, 1.54) is 105 Å². The van der Waals surface area contributed by atoms with Gasteiger partial charge in [-0.1, -0.05) is 176 Å². The fraction of sp³-hybridized carbons (Fsp3) is 0. The lowest BCUT2D eigenvalue weighted by atomic mass is 9.85. The molecular weight excluding hydrogens is 687 g/mol. The van der Waals surface area contributed by atoms with Crippen molar-refractivity contribution in [3.05, 3.63) is 224 Å². The zero-order valence-corrected chi connectivity index (χ0v) is 31.3. The Labute approximate surface area is 332 Å². The van der Waals surface area contributed by atoms with Crippen molar-refractivity contribution < 1.29 is 0 Å². The first-order chi connectivity index (χ1) is 28.3. The van der Waals surface area contributed by atoms with Crippen molar-refractivity contribution in [1.29, 1.82) is 0 Å². The first-order valence-corrected chi connectivity index (χ1v) is 19.7. The van der Waals surface area contributed by atoms with Crippen LogP contribution in [0.4, 0.5) is 0 Å². The van der Waals surface area contributed by atoms with Gasteiger partial charge in [0.25, 0.3) is 0 Å². The molecule has 0 bridgehead atoms. The fourth-order valence-electron chi connectivity index (χ4n) is 8.97. The molecule has 0 aliphatic heterocycles. The highest BCUT2D eigenvalue weighted by atomic mass is 15.0. The second-order valence-corrected chi connectivity index (χ2v) is 14.9. The zero-order chi connectivity index (χ0) is 37.7. The summed E-state index contributed by atoms with van der Waals surface area (Å²) in [4.78, 5) is 0. The van der Waals surface area contributed by atoms with Gasteiger partial charge in [0.2, 0.25) is 0 Å². The van der Waals surface area contributed by atoms with Gasteiger partial charge in [-0.15, -0.1) is 0 Å². The van der Waals surface area contributed by atoms with Crippen LogP contribution in [0.25, 0.3) is 105 Å². The summed E-state index contributed by atoms with van der Waals surface area (Å²) in [5, 5.41) is 7.59. The van der Waals surface area contributed by atoms with Crippen molar-refractivity contribution in [2.45, 2.75) is 0 Å². The largest absolute Gasteiger partial charge is 0.309 e. The maximum Gasteiger partial charge on any atom is 0.0541 e. The lowest BCUT2D eigenvalue weighted by Crippen LogP contribution is -1.92. The molecule has 1 heteroatoms. The van der Waals surface area contributed by atoms with Gasteiger partial charge in [0.05, 0.1) is 11.0 Å². The van der Waals surface area contributed by atoms with Gasteiger partial charge < -0.3 is 4.57 Å². The maximum atomic E-state index is 2.37. The fourth-order valence-corrected chi connectivity index (χ4v) is 8.97. The molecule has 0 N–H and O–H groups in total. The normalized spacial score (nSPS) is 11.5. The second kappa shape index (κ2) is 13.7. The van der Waals surface area contributed by atoms with E-state index in [0.717, 1.165) is 0 Å². The highest BCUT2D eigenvalue weighted by Gasteiger charge is 2.17. The van der Waals surface area contributed by atoms with Crippen LogP contribution in [0.3, 0.4) is 0 Å². The first-order valence-electron chi connectivity index (χ1n) is 19.7. The molecule has 0 amide bonds. The van der Waals surface area contributed by atoms with E-state index in [1.54, 1.807) is 0 Å². The monoisotopic (exact) mass is 723 g/mol. The summed E-state index contributed by atoms with van der Waals surface area (Å²) >= 11 is 0. The molecule has 0 radical (unpaired) electrons. The van der Waals surface area contributed by atoms with E-state index in [0.29, 0.717) is 0 Å². The van der Waals surface area contributed by atoms with Crippen LogP contribution in [0.15, 0.2) is 224 Å². The molecule has 0 atom stereocenters. The predicted molar refractivity (Wildman–Crippen MR) is 243 cm³/mol. The van der Waals surface area contributed by atoms with Crippen molar-refractivity contribution in [1.82, 2.24) is 4.57 Å². The van der Waals surface area contributed by atoms with Gasteiger partial charge in [0, 0.05) is 16.5 Å². The van der Waals surface area contributed by atoms with Crippen LogP contribution in [-0.2, 0) is 0 Å². The minimum absolute atomic E-state index is 1.17. The Kier molecular flexibility index (Phi) is 7.89. The van der Waals surface area contributed by atoms with Crippen LogP contribution < -0.4 is 0 Å². The number of nitrogens with zero attached hydrogens (tertiary/aromatic N) is 1. The van der Waals surface area contributed by atoms with Crippen LogP contribution in [0.2, 0.25) is 0 Å². The molecule has 10 aromatic carbocycles. The Bertz CT molecular complexity index is 3220. The molecule has 0 saturated carbocycles. The standard InChI is InChI=1S/C56H37N/c1-3-16-38(17-4-1)55-48-27-7-9-29-50(48)56(51-30-10-8-28-49(51)55)45-23-15-22-43(36-45)41-20-13-18-39(34-41)40-19-14-21-42(35-40)44-32-33-54-52(37-44)47-26-11-12-31-53(47)57(54)46-24-5-2-6-25-46/h1-37H. The molecule has 1 aromatic heterocycles. The SMILES string of the molecule is c1ccc(-c2c3ccccc3c(-c3cccc(-c4cccc(-c5cccc(-c6ccc7c(c6)c6ccccc6n7-c6ccccc6)c5)c4)c3)c3ccccc23)cc1. The number of hydrogen-bond acceptors (Lipinski definition) is 0. The van der Waals surface area contributed by atoms with E-state index in [2.05, 4.69) is 229 Å². The highest BCUT2D eigenvalue weighted by molar-refractivity contribution is 6.21. The Hall–Kier alpha value is -7.48. The Morgan fingerprint density at radius 2 is 0.579 bits per heavy atom. The summed E-state index contributed by atoms with van der Waals surface area (Å²) in [5.41, 5.74) is 15.8. The third-order valence-corrected chi connectivity index (χ3v) is 11.6. The molecule has 0 aliphatic carbocycles. The van der Waals surface area contributed by atoms with Crippen molar-refractivity contribution in [3.63, 3.8) is 0 Å². The van der Waals surface area contributed by atoms with E-state index < -0.39 is 0 Å². The molecule has 266 valence electrons. The molecule has 11 rings (SSSR count). The van der Waals surface area contributed by atoms with E-state index in [-0.39, 0.29) is 0 Å². The maximum absolute atomic E-state index is 2.37. The average molecular weight is 724 g/mol. The van der Waals surface area contributed by atoms with Gasteiger partial charge in [-0.05, 0) is 126 Å². The smallest absolute Gasteiger partial charge is 0.0541 e. The van der Waals surface area contributed by atoms with Crippen LogP contribution in [0, 0.1) is 0 Å². The molecule has 0 aliphatic rings. The van der Waals surface area contributed by atoms with Crippen molar-refractivity contribution in [2.24, 2.45) is 0 Å². The number of rotatable bonds is 6. The minimum Gasteiger partial charge on any atom is -0.309 e. The molecule has 1 nitrogen and oxygen atoms in total. The molecule has 11 aromatic rings. The van der Waals surface area contributed by atoms with Gasteiger partial charge in [0.15, 0.2) is 0 Å². The Balaban J connectivity index is 0.988. The Morgan fingerprint density at radius 3 is 1.12 bits per heavy atom. The summed E-state index contributed by atoms with van der Waals surface area (Å²) in [6, 6.07) is 81.9. The topological polar surface area (TPSA) is 4.93 Å². The van der Waals surface area contributed by atoms with Gasteiger partial charge >= 0.3 is 0 Å². The molecule has 1 heterocycles.